The molecule has 0 aliphatic rings. The second kappa shape index (κ2) is 2.53. The van der Waals surface area contributed by atoms with Gasteiger partial charge in [-0.2, -0.15) is 0 Å². The Morgan fingerprint density at radius 3 is 3.08 bits per heavy atom. The minimum Gasteiger partial charge on any atom is -0.322 e. The molecular weight excluding hydrogens is 154 g/mol. The van der Waals surface area contributed by atoms with Crippen molar-refractivity contribution in [3.05, 3.63) is 24.4 Å². The zero-order chi connectivity index (χ0) is 8.55. The van der Waals surface area contributed by atoms with Gasteiger partial charge in [0.05, 0.1) is 12.2 Å². The second-order valence-electron chi connectivity index (χ2n) is 2.65. The van der Waals surface area contributed by atoms with Crippen molar-refractivity contribution in [2.75, 3.05) is 0 Å². The van der Waals surface area contributed by atoms with Crippen molar-refractivity contribution in [1.82, 2.24) is 19.6 Å². The molecule has 1 unspecified atom stereocenters. The molecule has 5 nitrogen and oxygen atoms in total. The van der Waals surface area contributed by atoms with E-state index in [9.17, 15) is 0 Å². The molecule has 2 rings (SSSR count). The van der Waals surface area contributed by atoms with Gasteiger partial charge in [-0.25, -0.2) is 0 Å². The van der Waals surface area contributed by atoms with Crippen LogP contribution in [0.25, 0.3) is 5.65 Å². The Kier molecular flexibility index (Phi) is 1.51. The van der Waals surface area contributed by atoms with E-state index in [2.05, 4.69) is 15.2 Å². The molecule has 0 aliphatic heterocycles. The molecule has 2 N–H and O–H groups in total. The summed E-state index contributed by atoms with van der Waals surface area (Å²) < 4.78 is 1.83. The number of hydrogen-bond donors (Lipinski definition) is 1. The van der Waals surface area contributed by atoms with Gasteiger partial charge < -0.3 is 5.73 Å². The Bertz CT molecular complexity index is 391. The Balaban J connectivity index is 2.70. The summed E-state index contributed by atoms with van der Waals surface area (Å²) in [6.45, 7) is 1.87. The Morgan fingerprint density at radius 1 is 1.50 bits per heavy atom. The quantitative estimate of drug-likeness (QED) is 0.649. The summed E-state index contributed by atoms with van der Waals surface area (Å²) in [6.07, 6.45) is 5.13. The van der Waals surface area contributed by atoms with Crippen molar-refractivity contribution in [1.29, 1.82) is 0 Å². The second-order valence-corrected chi connectivity index (χ2v) is 2.65. The van der Waals surface area contributed by atoms with Crippen LogP contribution in [-0.2, 0) is 0 Å². The molecule has 5 heteroatoms. The highest BCUT2D eigenvalue weighted by molar-refractivity contribution is 5.34. The predicted molar refractivity (Wildman–Crippen MR) is 43.4 cm³/mol. The lowest BCUT2D eigenvalue weighted by Crippen LogP contribution is -2.09. The molecular formula is C7H9N5. The lowest BCUT2D eigenvalue weighted by atomic mass is 10.3. The van der Waals surface area contributed by atoms with Gasteiger partial charge in [0, 0.05) is 12.4 Å². The summed E-state index contributed by atoms with van der Waals surface area (Å²) >= 11 is 0. The first-order valence-electron chi connectivity index (χ1n) is 3.69. The van der Waals surface area contributed by atoms with Crippen LogP contribution < -0.4 is 5.73 Å². The third kappa shape index (κ3) is 0.947. The van der Waals surface area contributed by atoms with Gasteiger partial charge in [0.25, 0.3) is 0 Å². The van der Waals surface area contributed by atoms with E-state index in [1.807, 2.05) is 11.3 Å². The SMILES string of the molecule is CC(N)c1nnc2cnccn12. The summed E-state index contributed by atoms with van der Waals surface area (Å²) in [5.74, 6) is 0.757. The van der Waals surface area contributed by atoms with Crippen LogP contribution in [0.3, 0.4) is 0 Å². The third-order valence-corrected chi connectivity index (χ3v) is 1.65. The van der Waals surface area contributed by atoms with Gasteiger partial charge in [-0.3, -0.25) is 9.38 Å². The topological polar surface area (TPSA) is 69.1 Å². The Labute approximate surface area is 69.2 Å². The molecule has 12 heavy (non-hydrogen) atoms. The van der Waals surface area contributed by atoms with E-state index in [1.54, 1.807) is 18.6 Å². The fraction of sp³-hybridized carbons (Fsp3) is 0.286. The third-order valence-electron chi connectivity index (χ3n) is 1.65. The van der Waals surface area contributed by atoms with Crippen LogP contribution in [0.4, 0.5) is 0 Å². The molecule has 2 heterocycles. The van der Waals surface area contributed by atoms with Gasteiger partial charge in [0.15, 0.2) is 11.5 Å². The Morgan fingerprint density at radius 2 is 2.33 bits per heavy atom. The van der Waals surface area contributed by atoms with Crippen molar-refractivity contribution in [3.63, 3.8) is 0 Å². The number of hydrogen-bond acceptors (Lipinski definition) is 4. The predicted octanol–water partition coefficient (Wildman–Crippen LogP) is 0.144. The molecule has 62 valence electrons. The maximum atomic E-state index is 5.68. The van der Waals surface area contributed by atoms with Crippen LogP contribution in [0.5, 0.6) is 0 Å². The van der Waals surface area contributed by atoms with Crippen molar-refractivity contribution in [3.8, 4) is 0 Å². The fourth-order valence-electron chi connectivity index (χ4n) is 1.08. The van der Waals surface area contributed by atoms with E-state index < -0.39 is 0 Å². The van der Waals surface area contributed by atoms with Gasteiger partial charge >= 0.3 is 0 Å². The van der Waals surface area contributed by atoms with Crippen LogP contribution in [0, 0.1) is 0 Å². The first-order valence-corrected chi connectivity index (χ1v) is 3.69. The molecule has 0 radical (unpaired) electrons. The zero-order valence-corrected chi connectivity index (χ0v) is 6.68. The molecule has 1 atom stereocenters. The maximum Gasteiger partial charge on any atom is 0.179 e. The minimum absolute atomic E-state index is 0.109. The maximum absolute atomic E-state index is 5.68. The fourth-order valence-corrected chi connectivity index (χ4v) is 1.08. The molecule has 0 spiro atoms. The van der Waals surface area contributed by atoms with E-state index in [0.717, 1.165) is 11.5 Å². The largest absolute Gasteiger partial charge is 0.322 e. The van der Waals surface area contributed by atoms with Gasteiger partial charge in [-0.1, -0.05) is 0 Å². The van der Waals surface area contributed by atoms with Crippen molar-refractivity contribution in [2.24, 2.45) is 5.73 Å². The summed E-state index contributed by atoms with van der Waals surface area (Å²) in [5, 5.41) is 7.85. The van der Waals surface area contributed by atoms with Crippen LogP contribution in [0.2, 0.25) is 0 Å². The molecule has 0 aliphatic carbocycles. The summed E-state index contributed by atoms with van der Waals surface area (Å²) in [6, 6.07) is -0.109. The zero-order valence-electron chi connectivity index (χ0n) is 6.68. The van der Waals surface area contributed by atoms with Gasteiger partial charge in [0.1, 0.15) is 0 Å². The molecule has 0 fully saturated rings. The lowest BCUT2D eigenvalue weighted by molar-refractivity contribution is 0.726. The monoisotopic (exact) mass is 163 g/mol. The van der Waals surface area contributed by atoms with E-state index in [4.69, 9.17) is 5.73 Å². The molecule has 2 aromatic heterocycles. The highest BCUT2D eigenvalue weighted by Gasteiger charge is 2.07. The lowest BCUT2D eigenvalue weighted by Gasteiger charge is -2.00. The molecule has 0 bridgehead atoms. The standard InChI is InChI=1S/C7H9N5/c1-5(8)7-11-10-6-4-9-2-3-12(6)7/h2-5H,8H2,1H3. The normalized spacial score (nSPS) is 13.5. The van der Waals surface area contributed by atoms with Crippen LogP contribution in [-0.4, -0.2) is 19.6 Å². The Hall–Kier alpha value is -1.49. The highest BCUT2D eigenvalue weighted by atomic mass is 15.3. The summed E-state index contributed by atoms with van der Waals surface area (Å²) in [5.41, 5.74) is 6.41. The average Bonchev–Trinajstić information content (AvgIpc) is 2.47. The average molecular weight is 163 g/mol. The van der Waals surface area contributed by atoms with Gasteiger partial charge in [-0.05, 0) is 6.92 Å². The van der Waals surface area contributed by atoms with E-state index >= 15 is 0 Å². The molecule has 0 saturated heterocycles. The van der Waals surface area contributed by atoms with E-state index in [1.165, 1.54) is 0 Å². The van der Waals surface area contributed by atoms with Crippen LogP contribution >= 0.6 is 0 Å². The molecule has 0 saturated carbocycles. The minimum atomic E-state index is -0.109. The van der Waals surface area contributed by atoms with Crippen molar-refractivity contribution in [2.45, 2.75) is 13.0 Å². The number of fused-ring (bicyclic) bond motifs is 1. The van der Waals surface area contributed by atoms with Gasteiger partial charge in [-0.15, -0.1) is 10.2 Å². The van der Waals surface area contributed by atoms with E-state index in [0.29, 0.717) is 0 Å². The van der Waals surface area contributed by atoms with Gasteiger partial charge in [0.2, 0.25) is 0 Å². The van der Waals surface area contributed by atoms with Crippen LogP contribution in [0.15, 0.2) is 18.6 Å². The van der Waals surface area contributed by atoms with E-state index in [-0.39, 0.29) is 6.04 Å². The van der Waals surface area contributed by atoms with Crippen LogP contribution in [0.1, 0.15) is 18.8 Å². The summed E-state index contributed by atoms with van der Waals surface area (Å²) in [4.78, 5) is 3.92. The number of nitrogens with zero attached hydrogens (tertiary/aromatic N) is 4. The first-order chi connectivity index (χ1) is 5.79. The smallest absolute Gasteiger partial charge is 0.179 e. The molecule has 2 aromatic rings. The van der Waals surface area contributed by atoms with Crippen molar-refractivity contribution >= 4 is 5.65 Å². The number of nitrogens with two attached hydrogens (primary N) is 1. The summed E-state index contributed by atoms with van der Waals surface area (Å²) in [7, 11) is 0. The number of aromatic nitrogens is 4. The number of rotatable bonds is 1. The molecule has 0 amide bonds. The first kappa shape index (κ1) is 7.17. The highest BCUT2D eigenvalue weighted by Crippen LogP contribution is 2.07. The van der Waals surface area contributed by atoms with Crippen molar-refractivity contribution < 1.29 is 0 Å². The molecule has 0 aromatic carbocycles.